The number of anilines is 1. The summed E-state index contributed by atoms with van der Waals surface area (Å²) in [6.45, 7) is 3.65. The van der Waals surface area contributed by atoms with Crippen molar-refractivity contribution in [3.05, 3.63) is 54.2 Å². The first-order chi connectivity index (χ1) is 13.9. The Morgan fingerprint density at radius 2 is 1.86 bits per heavy atom. The number of fused-ring (bicyclic) bond motifs is 1. The van der Waals surface area contributed by atoms with Gasteiger partial charge in [0.05, 0.1) is 0 Å². The highest BCUT2D eigenvalue weighted by molar-refractivity contribution is 5.91. The van der Waals surface area contributed by atoms with E-state index in [0.717, 1.165) is 0 Å². The number of nitrogens with zero attached hydrogens (tertiary/aromatic N) is 2. The summed E-state index contributed by atoms with van der Waals surface area (Å²) in [6, 6.07) is 11.1. The second kappa shape index (κ2) is 7.54. The first-order valence-corrected chi connectivity index (χ1v) is 9.28. The molecule has 1 aliphatic rings. The molecule has 1 aromatic heterocycles. The molecule has 0 unspecified atom stereocenters. The highest BCUT2D eigenvalue weighted by atomic mass is 19.1. The van der Waals surface area contributed by atoms with E-state index in [2.05, 4.69) is 15.5 Å². The van der Waals surface area contributed by atoms with Crippen LogP contribution in [0, 0.1) is 5.82 Å². The third-order valence-electron chi connectivity index (χ3n) is 4.30. The maximum Gasteiger partial charge on any atom is 0.246 e. The fourth-order valence-electron chi connectivity index (χ4n) is 3.00. The number of amides is 1. The van der Waals surface area contributed by atoms with E-state index < -0.39 is 5.79 Å². The zero-order valence-electron chi connectivity index (χ0n) is 16.1. The minimum absolute atomic E-state index is 0.124. The van der Waals surface area contributed by atoms with Crippen molar-refractivity contribution in [2.75, 3.05) is 5.32 Å². The summed E-state index contributed by atoms with van der Waals surface area (Å²) >= 11 is 0. The van der Waals surface area contributed by atoms with Gasteiger partial charge in [-0.05, 0) is 42.8 Å². The van der Waals surface area contributed by atoms with Crippen molar-refractivity contribution in [2.24, 2.45) is 0 Å². The molecule has 2 aromatic carbocycles. The lowest BCUT2D eigenvalue weighted by atomic mass is 10.2. The van der Waals surface area contributed by atoms with E-state index in [1.807, 2.05) is 13.8 Å². The number of aromatic nitrogens is 2. The van der Waals surface area contributed by atoms with Crippen molar-refractivity contribution in [1.82, 2.24) is 10.1 Å². The molecule has 1 amide bonds. The standard InChI is InChI=1S/C21H20FN3O4/c1-21(2)27-16-11-10-15(12-17(16)28-21)23-18(26)4-3-5-19-24-20(25-29-19)13-6-8-14(22)9-7-13/h6-12H,3-5H2,1-2H3,(H,23,26). The van der Waals surface area contributed by atoms with E-state index in [0.29, 0.717) is 53.7 Å². The number of carbonyl (C=O) groups excluding carboxylic acids is 1. The van der Waals surface area contributed by atoms with Gasteiger partial charge in [-0.2, -0.15) is 4.98 Å². The van der Waals surface area contributed by atoms with Crippen molar-refractivity contribution in [3.63, 3.8) is 0 Å². The molecule has 3 aromatic rings. The monoisotopic (exact) mass is 397 g/mol. The van der Waals surface area contributed by atoms with E-state index in [4.69, 9.17) is 14.0 Å². The van der Waals surface area contributed by atoms with Gasteiger partial charge in [0.15, 0.2) is 11.5 Å². The molecule has 4 rings (SSSR count). The first-order valence-electron chi connectivity index (χ1n) is 9.28. The summed E-state index contributed by atoms with van der Waals surface area (Å²) in [6.07, 6.45) is 1.32. The summed E-state index contributed by atoms with van der Waals surface area (Å²) in [4.78, 5) is 16.5. The average molecular weight is 397 g/mol. The summed E-state index contributed by atoms with van der Waals surface area (Å²) in [5.74, 6) is 0.932. The summed E-state index contributed by atoms with van der Waals surface area (Å²) in [5, 5.41) is 6.74. The first kappa shape index (κ1) is 18.9. The van der Waals surface area contributed by atoms with Crippen LogP contribution in [0.25, 0.3) is 11.4 Å². The number of hydrogen-bond acceptors (Lipinski definition) is 6. The summed E-state index contributed by atoms with van der Waals surface area (Å²) in [7, 11) is 0. The minimum atomic E-state index is -0.707. The molecule has 0 radical (unpaired) electrons. The maximum atomic E-state index is 13.0. The van der Waals surface area contributed by atoms with Gasteiger partial charge in [0.1, 0.15) is 5.82 Å². The lowest BCUT2D eigenvalue weighted by molar-refractivity contribution is -0.116. The Morgan fingerprint density at radius 3 is 2.66 bits per heavy atom. The van der Waals surface area contributed by atoms with Crippen LogP contribution < -0.4 is 14.8 Å². The molecule has 1 N–H and O–H groups in total. The van der Waals surface area contributed by atoms with Gasteiger partial charge in [-0.15, -0.1) is 0 Å². The van der Waals surface area contributed by atoms with Crippen molar-refractivity contribution < 1.29 is 23.2 Å². The van der Waals surface area contributed by atoms with Gasteiger partial charge in [0.25, 0.3) is 0 Å². The molecule has 1 aliphatic heterocycles. The molecule has 29 heavy (non-hydrogen) atoms. The Balaban J connectivity index is 1.27. The molecule has 150 valence electrons. The fraction of sp³-hybridized carbons (Fsp3) is 0.286. The fourth-order valence-corrected chi connectivity index (χ4v) is 3.00. The molecule has 0 spiro atoms. The van der Waals surface area contributed by atoms with Crippen LogP contribution in [0.15, 0.2) is 47.0 Å². The molecular formula is C21H20FN3O4. The molecule has 0 saturated heterocycles. The smallest absolute Gasteiger partial charge is 0.246 e. The maximum absolute atomic E-state index is 13.0. The van der Waals surface area contributed by atoms with E-state index in [1.165, 1.54) is 12.1 Å². The van der Waals surface area contributed by atoms with Crippen LogP contribution in [0.4, 0.5) is 10.1 Å². The van der Waals surface area contributed by atoms with Crippen LogP contribution in [-0.4, -0.2) is 21.8 Å². The number of rotatable bonds is 6. The van der Waals surface area contributed by atoms with E-state index in [1.54, 1.807) is 30.3 Å². The normalized spacial score (nSPS) is 14.0. The predicted octanol–water partition coefficient (Wildman–Crippen LogP) is 4.34. The van der Waals surface area contributed by atoms with Crippen LogP contribution >= 0.6 is 0 Å². The minimum Gasteiger partial charge on any atom is -0.449 e. The SMILES string of the molecule is CC1(C)Oc2ccc(NC(=O)CCCc3nc(-c4ccc(F)cc4)no3)cc2O1. The van der Waals surface area contributed by atoms with Gasteiger partial charge in [-0.1, -0.05) is 5.16 Å². The quantitative estimate of drug-likeness (QED) is 0.666. The second-order valence-corrected chi connectivity index (χ2v) is 7.19. The lowest BCUT2D eigenvalue weighted by Crippen LogP contribution is -2.29. The molecule has 8 heteroatoms. The van der Waals surface area contributed by atoms with Crippen LogP contribution in [0.1, 0.15) is 32.6 Å². The van der Waals surface area contributed by atoms with E-state index in [-0.39, 0.29) is 11.7 Å². The van der Waals surface area contributed by atoms with E-state index >= 15 is 0 Å². The molecule has 7 nitrogen and oxygen atoms in total. The number of aryl methyl sites for hydroxylation is 1. The largest absolute Gasteiger partial charge is 0.449 e. The van der Waals surface area contributed by atoms with Gasteiger partial charge in [-0.25, -0.2) is 4.39 Å². The Hall–Kier alpha value is -3.42. The third kappa shape index (κ3) is 4.53. The molecule has 0 atom stereocenters. The van der Waals surface area contributed by atoms with Gasteiger partial charge >= 0.3 is 0 Å². The third-order valence-corrected chi connectivity index (χ3v) is 4.30. The predicted molar refractivity (Wildman–Crippen MR) is 103 cm³/mol. The second-order valence-electron chi connectivity index (χ2n) is 7.19. The average Bonchev–Trinajstić information content (AvgIpc) is 3.24. The van der Waals surface area contributed by atoms with E-state index in [9.17, 15) is 9.18 Å². The number of nitrogens with one attached hydrogen (secondary N) is 1. The number of halogens is 1. The molecule has 0 saturated carbocycles. The zero-order chi connectivity index (χ0) is 20.4. The molecule has 0 aliphatic carbocycles. The molecule has 0 bridgehead atoms. The van der Waals surface area contributed by atoms with Crippen LogP contribution in [0.3, 0.4) is 0 Å². The molecular weight excluding hydrogens is 377 g/mol. The Bertz CT molecular complexity index is 1030. The van der Waals surface area contributed by atoms with Crippen LogP contribution in [0.5, 0.6) is 11.5 Å². The van der Waals surface area contributed by atoms with Crippen LogP contribution in [0.2, 0.25) is 0 Å². The number of benzene rings is 2. The van der Waals surface area contributed by atoms with Gasteiger partial charge < -0.3 is 19.3 Å². The number of ether oxygens (including phenoxy) is 2. The molecule has 2 heterocycles. The summed E-state index contributed by atoms with van der Waals surface area (Å²) < 4.78 is 29.5. The Labute approximate surface area is 166 Å². The van der Waals surface area contributed by atoms with Gasteiger partial charge in [-0.3, -0.25) is 4.79 Å². The number of carbonyl (C=O) groups is 1. The highest BCUT2D eigenvalue weighted by Crippen LogP contribution is 2.40. The van der Waals surface area contributed by atoms with Crippen molar-refractivity contribution in [2.45, 2.75) is 38.9 Å². The number of hydrogen-bond donors (Lipinski definition) is 1. The van der Waals surface area contributed by atoms with Crippen molar-refractivity contribution >= 4 is 11.6 Å². The summed E-state index contributed by atoms with van der Waals surface area (Å²) in [5.41, 5.74) is 1.32. The topological polar surface area (TPSA) is 86.5 Å². The zero-order valence-corrected chi connectivity index (χ0v) is 16.1. The highest BCUT2D eigenvalue weighted by Gasteiger charge is 2.31. The van der Waals surface area contributed by atoms with Crippen LogP contribution in [-0.2, 0) is 11.2 Å². The van der Waals surface area contributed by atoms with Crippen molar-refractivity contribution in [1.29, 1.82) is 0 Å². The Kier molecular flexibility index (Phi) is 4.92. The lowest BCUT2D eigenvalue weighted by Gasteiger charge is -2.16. The van der Waals surface area contributed by atoms with Crippen molar-refractivity contribution in [3.8, 4) is 22.9 Å². The van der Waals surface area contributed by atoms with Gasteiger partial charge in [0, 0.05) is 44.0 Å². The molecule has 0 fully saturated rings. The van der Waals surface area contributed by atoms with Gasteiger partial charge in [0.2, 0.25) is 23.4 Å². The Morgan fingerprint density at radius 1 is 1.10 bits per heavy atom.